The van der Waals surface area contributed by atoms with E-state index in [9.17, 15) is 0 Å². The maximum absolute atomic E-state index is 5.36. The molecule has 2 rings (SSSR count). The Morgan fingerprint density at radius 3 is 2.53 bits per heavy atom. The summed E-state index contributed by atoms with van der Waals surface area (Å²) in [6.45, 7) is 6.73. The molecule has 0 atom stereocenters. The third-order valence-electron chi connectivity index (χ3n) is 4.04. The summed E-state index contributed by atoms with van der Waals surface area (Å²) in [5.74, 6) is 1.86. The van der Waals surface area contributed by atoms with Crippen molar-refractivity contribution >= 4 is 0 Å². The van der Waals surface area contributed by atoms with Crippen molar-refractivity contribution in [2.24, 2.45) is 5.92 Å². The van der Waals surface area contributed by atoms with Crippen molar-refractivity contribution in [3.05, 3.63) is 28.8 Å². The molecule has 2 heteroatoms. The molecule has 17 heavy (non-hydrogen) atoms. The van der Waals surface area contributed by atoms with Gasteiger partial charge < -0.3 is 10.1 Å². The molecule has 1 aromatic rings. The minimum Gasteiger partial charge on any atom is -0.496 e. The van der Waals surface area contributed by atoms with E-state index in [-0.39, 0.29) is 0 Å². The summed E-state index contributed by atoms with van der Waals surface area (Å²) in [7, 11) is 1.74. The fraction of sp³-hybridized carbons (Fsp3) is 0.600. The highest BCUT2D eigenvalue weighted by atomic mass is 16.5. The molecule has 0 bridgehead atoms. The average Bonchev–Trinajstić information content (AvgIpc) is 2.37. The van der Waals surface area contributed by atoms with Gasteiger partial charge in [-0.05, 0) is 74.9 Å². The van der Waals surface area contributed by atoms with Gasteiger partial charge in [-0.1, -0.05) is 6.07 Å². The zero-order valence-corrected chi connectivity index (χ0v) is 11.2. The van der Waals surface area contributed by atoms with E-state index >= 15 is 0 Å². The predicted octanol–water partition coefficient (Wildman–Crippen LogP) is 2.85. The molecule has 2 nitrogen and oxygen atoms in total. The molecular formula is C15H23NO. The number of ether oxygens (including phenoxy) is 1. The van der Waals surface area contributed by atoms with Crippen LogP contribution >= 0.6 is 0 Å². The summed E-state index contributed by atoms with van der Waals surface area (Å²) in [4.78, 5) is 0. The minimum atomic E-state index is 0.850. The molecule has 1 aliphatic heterocycles. The molecular weight excluding hydrogens is 210 g/mol. The quantitative estimate of drug-likeness (QED) is 0.867. The summed E-state index contributed by atoms with van der Waals surface area (Å²) >= 11 is 0. The highest BCUT2D eigenvalue weighted by molar-refractivity contribution is 5.43. The largest absolute Gasteiger partial charge is 0.496 e. The highest BCUT2D eigenvalue weighted by Gasteiger charge is 2.15. The summed E-state index contributed by atoms with van der Waals surface area (Å²) < 4.78 is 5.36. The Hall–Kier alpha value is -1.02. The number of benzene rings is 1. The monoisotopic (exact) mass is 233 g/mol. The van der Waals surface area contributed by atoms with Gasteiger partial charge in [-0.3, -0.25) is 0 Å². The van der Waals surface area contributed by atoms with E-state index in [0.717, 1.165) is 11.7 Å². The SMILES string of the molecule is COc1ccc(CC2CCNCC2)c(C)c1C. The highest BCUT2D eigenvalue weighted by Crippen LogP contribution is 2.27. The van der Waals surface area contributed by atoms with Gasteiger partial charge >= 0.3 is 0 Å². The number of nitrogens with one attached hydrogen (secondary N) is 1. The van der Waals surface area contributed by atoms with Crippen LogP contribution in [0, 0.1) is 19.8 Å². The third-order valence-corrected chi connectivity index (χ3v) is 4.04. The standard InChI is InChI=1S/C15H23NO/c1-11-12(2)15(17-3)5-4-14(11)10-13-6-8-16-9-7-13/h4-5,13,16H,6-10H2,1-3H3. The van der Waals surface area contributed by atoms with Gasteiger partial charge in [-0.2, -0.15) is 0 Å². The Morgan fingerprint density at radius 1 is 1.18 bits per heavy atom. The molecule has 1 heterocycles. The van der Waals surface area contributed by atoms with Crippen molar-refractivity contribution in [3.8, 4) is 5.75 Å². The lowest BCUT2D eigenvalue weighted by atomic mass is 9.88. The smallest absolute Gasteiger partial charge is 0.122 e. The number of rotatable bonds is 3. The van der Waals surface area contributed by atoms with Crippen LogP contribution in [0.1, 0.15) is 29.5 Å². The minimum absolute atomic E-state index is 0.850. The van der Waals surface area contributed by atoms with Gasteiger partial charge in [0.2, 0.25) is 0 Å². The normalized spacial score (nSPS) is 17.1. The van der Waals surface area contributed by atoms with Crippen LogP contribution in [0.4, 0.5) is 0 Å². The first-order valence-corrected chi connectivity index (χ1v) is 6.56. The fourth-order valence-corrected chi connectivity index (χ4v) is 2.69. The summed E-state index contributed by atoms with van der Waals surface area (Å²) in [5.41, 5.74) is 4.19. The lowest BCUT2D eigenvalue weighted by Crippen LogP contribution is -2.28. The number of piperidine rings is 1. The van der Waals surface area contributed by atoms with Gasteiger partial charge in [0.25, 0.3) is 0 Å². The van der Waals surface area contributed by atoms with E-state index in [4.69, 9.17) is 4.74 Å². The van der Waals surface area contributed by atoms with Gasteiger partial charge in [0.1, 0.15) is 5.75 Å². The first-order valence-electron chi connectivity index (χ1n) is 6.56. The molecule has 1 aromatic carbocycles. The van der Waals surface area contributed by atoms with Crippen molar-refractivity contribution in [3.63, 3.8) is 0 Å². The van der Waals surface area contributed by atoms with E-state index in [1.54, 1.807) is 7.11 Å². The zero-order valence-electron chi connectivity index (χ0n) is 11.2. The van der Waals surface area contributed by atoms with Crippen LogP contribution < -0.4 is 10.1 Å². The van der Waals surface area contributed by atoms with E-state index in [1.807, 2.05) is 0 Å². The van der Waals surface area contributed by atoms with Crippen LogP contribution in [-0.2, 0) is 6.42 Å². The Bertz CT molecular complexity index is 381. The fourth-order valence-electron chi connectivity index (χ4n) is 2.69. The Labute approximate surface area is 104 Å². The van der Waals surface area contributed by atoms with Crippen LogP contribution in [0.5, 0.6) is 5.75 Å². The van der Waals surface area contributed by atoms with Gasteiger partial charge in [0.05, 0.1) is 7.11 Å². The van der Waals surface area contributed by atoms with E-state index in [0.29, 0.717) is 0 Å². The van der Waals surface area contributed by atoms with Gasteiger partial charge in [0.15, 0.2) is 0 Å². The summed E-state index contributed by atoms with van der Waals surface area (Å²) in [5, 5.41) is 3.42. The van der Waals surface area contributed by atoms with E-state index in [2.05, 4.69) is 31.3 Å². The molecule has 0 amide bonds. The Balaban J connectivity index is 2.12. The van der Waals surface area contributed by atoms with E-state index < -0.39 is 0 Å². The van der Waals surface area contributed by atoms with Crippen LogP contribution in [0.25, 0.3) is 0 Å². The molecule has 0 unspecified atom stereocenters. The third kappa shape index (κ3) is 2.81. The zero-order chi connectivity index (χ0) is 12.3. The number of hydrogen-bond donors (Lipinski definition) is 1. The molecule has 1 aliphatic rings. The Kier molecular flexibility index (Phi) is 4.06. The molecule has 0 spiro atoms. The van der Waals surface area contributed by atoms with Gasteiger partial charge in [-0.15, -0.1) is 0 Å². The second kappa shape index (κ2) is 5.54. The van der Waals surface area contributed by atoms with Gasteiger partial charge in [0, 0.05) is 0 Å². The molecule has 94 valence electrons. The predicted molar refractivity (Wildman–Crippen MR) is 71.8 cm³/mol. The number of methoxy groups -OCH3 is 1. The maximum Gasteiger partial charge on any atom is 0.122 e. The summed E-state index contributed by atoms with van der Waals surface area (Å²) in [6.07, 6.45) is 3.84. The topological polar surface area (TPSA) is 21.3 Å². The van der Waals surface area contributed by atoms with Crippen molar-refractivity contribution in [2.75, 3.05) is 20.2 Å². The van der Waals surface area contributed by atoms with Crippen LogP contribution in [0.2, 0.25) is 0 Å². The van der Waals surface area contributed by atoms with Gasteiger partial charge in [-0.25, -0.2) is 0 Å². The first-order chi connectivity index (χ1) is 8.22. The molecule has 0 aromatic heterocycles. The average molecular weight is 233 g/mol. The molecule has 0 aliphatic carbocycles. The molecule has 0 radical (unpaired) electrons. The summed E-state index contributed by atoms with van der Waals surface area (Å²) in [6, 6.07) is 4.35. The second-order valence-corrected chi connectivity index (χ2v) is 5.07. The van der Waals surface area contributed by atoms with Crippen LogP contribution in [0.15, 0.2) is 12.1 Å². The molecule has 1 saturated heterocycles. The van der Waals surface area contributed by atoms with Crippen molar-refractivity contribution in [1.82, 2.24) is 5.32 Å². The Morgan fingerprint density at radius 2 is 1.88 bits per heavy atom. The first kappa shape index (κ1) is 12.4. The van der Waals surface area contributed by atoms with Crippen molar-refractivity contribution in [2.45, 2.75) is 33.1 Å². The van der Waals surface area contributed by atoms with E-state index in [1.165, 1.54) is 49.0 Å². The van der Waals surface area contributed by atoms with Crippen molar-refractivity contribution in [1.29, 1.82) is 0 Å². The van der Waals surface area contributed by atoms with Crippen molar-refractivity contribution < 1.29 is 4.74 Å². The van der Waals surface area contributed by atoms with Crippen LogP contribution in [-0.4, -0.2) is 20.2 Å². The lowest BCUT2D eigenvalue weighted by molar-refractivity contribution is 0.371. The molecule has 1 fully saturated rings. The van der Waals surface area contributed by atoms with Crippen LogP contribution in [0.3, 0.4) is 0 Å². The second-order valence-electron chi connectivity index (χ2n) is 5.07. The maximum atomic E-state index is 5.36. The lowest BCUT2D eigenvalue weighted by Gasteiger charge is -2.24. The molecule has 1 N–H and O–H groups in total. The molecule has 0 saturated carbocycles. The number of hydrogen-bond acceptors (Lipinski definition) is 2.